The Labute approximate surface area is 121 Å². The monoisotopic (exact) mass is 287 g/mol. The summed E-state index contributed by atoms with van der Waals surface area (Å²) in [7, 11) is 0. The van der Waals surface area contributed by atoms with E-state index >= 15 is 0 Å². The van der Waals surface area contributed by atoms with Crippen LogP contribution >= 0.6 is 11.6 Å². The first-order valence-corrected chi connectivity index (χ1v) is 6.62. The van der Waals surface area contributed by atoms with Gasteiger partial charge in [-0.3, -0.25) is 0 Å². The van der Waals surface area contributed by atoms with Crippen LogP contribution in [0.1, 0.15) is 11.3 Å². The molecule has 0 radical (unpaired) electrons. The number of fused-ring (bicyclic) bond motifs is 1. The molecule has 2 N–H and O–H groups in total. The standard InChI is InChI=1S/C15H14ClN3O/c1-10-6-11(16)7-19-8-12(18-15(10)19)9-20-14-5-3-2-4-13(14)17/h2-8H,9,17H2,1H3. The number of aromatic nitrogens is 2. The molecule has 1 aromatic carbocycles. The summed E-state index contributed by atoms with van der Waals surface area (Å²) < 4.78 is 7.60. The van der Waals surface area contributed by atoms with E-state index in [2.05, 4.69) is 4.98 Å². The molecule has 0 spiro atoms. The van der Waals surface area contributed by atoms with Crippen LogP contribution in [0.15, 0.2) is 42.7 Å². The van der Waals surface area contributed by atoms with E-state index in [0.717, 1.165) is 16.9 Å². The summed E-state index contributed by atoms with van der Waals surface area (Å²) in [6.45, 7) is 2.35. The zero-order chi connectivity index (χ0) is 14.1. The Bertz CT molecular complexity index is 767. The van der Waals surface area contributed by atoms with Crippen LogP contribution in [0.3, 0.4) is 0 Å². The molecule has 0 bridgehead atoms. The fourth-order valence-corrected chi connectivity index (χ4v) is 2.38. The summed E-state index contributed by atoms with van der Waals surface area (Å²) in [4.78, 5) is 4.54. The summed E-state index contributed by atoms with van der Waals surface area (Å²) in [5.41, 5.74) is 9.20. The van der Waals surface area contributed by atoms with Crippen molar-refractivity contribution in [1.82, 2.24) is 9.38 Å². The lowest BCUT2D eigenvalue weighted by atomic mass is 10.3. The fraction of sp³-hybridized carbons (Fsp3) is 0.133. The van der Waals surface area contributed by atoms with Crippen molar-refractivity contribution >= 4 is 22.9 Å². The Morgan fingerprint density at radius 3 is 2.90 bits per heavy atom. The molecule has 2 aromatic heterocycles. The third kappa shape index (κ3) is 2.42. The molecule has 0 saturated heterocycles. The molecule has 0 amide bonds. The predicted octanol–water partition coefficient (Wildman–Crippen LogP) is 3.46. The molecule has 3 aromatic rings. The van der Waals surface area contributed by atoms with Gasteiger partial charge in [-0.05, 0) is 30.7 Å². The van der Waals surface area contributed by atoms with Crippen LogP contribution in [-0.2, 0) is 6.61 Å². The molecule has 0 atom stereocenters. The van der Waals surface area contributed by atoms with Crippen molar-refractivity contribution in [3.05, 3.63) is 59.0 Å². The van der Waals surface area contributed by atoms with Gasteiger partial charge in [0.2, 0.25) is 0 Å². The maximum Gasteiger partial charge on any atom is 0.142 e. The topological polar surface area (TPSA) is 52.5 Å². The Kier molecular flexibility index (Phi) is 3.24. The summed E-state index contributed by atoms with van der Waals surface area (Å²) in [5, 5.41) is 0.687. The van der Waals surface area contributed by atoms with Gasteiger partial charge >= 0.3 is 0 Å². The van der Waals surface area contributed by atoms with Crippen molar-refractivity contribution in [3.8, 4) is 5.75 Å². The van der Waals surface area contributed by atoms with Crippen LogP contribution < -0.4 is 10.5 Å². The number of benzene rings is 1. The van der Waals surface area contributed by atoms with E-state index in [4.69, 9.17) is 22.1 Å². The molecule has 0 unspecified atom stereocenters. The predicted molar refractivity (Wildman–Crippen MR) is 80.1 cm³/mol. The summed E-state index contributed by atoms with van der Waals surface area (Å²) in [5.74, 6) is 0.666. The summed E-state index contributed by atoms with van der Waals surface area (Å²) in [6.07, 6.45) is 3.74. The van der Waals surface area contributed by atoms with Gasteiger partial charge in [0.1, 0.15) is 18.0 Å². The number of nitrogens with zero attached hydrogens (tertiary/aromatic N) is 2. The van der Waals surface area contributed by atoms with Gasteiger partial charge in [0.15, 0.2) is 0 Å². The number of rotatable bonds is 3. The van der Waals surface area contributed by atoms with Crippen molar-refractivity contribution in [2.45, 2.75) is 13.5 Å². The molecule has 2 heterocycles. The number of pyridine rings is 1. The van der Waals surface area contributed by atoms with Crippen molar-refractivity contribution < 1.29 is 4.74 Å². The van der Waals surface area contributed by atoms with Crippen LogP contribution in [0.25, 0.3) is 5.65 Å². The number of ether oxygens (including phenoxy) is 1. The lowest BCUT2D eigenvalue weighted by Gasteiger charge is -2.06. The van der Waals surface area contributed by atoms with E-state index in [0.29, 0.717) is 23.1 Å². The Balaban J connectivity index is 1.85. The number of nitrogens with two attached hydrogens (primary N) is 1. The lowest BCUT2D eigenvalue weighted by Crippen LogP contribution is -1.98. The number of nitrogen functional groups attached to an aromatic ring is 1. The number of hydrogen-bond acceptors (Lipinski definition) is 3. The van der Waals surface area contributed by atoms with E-state index in [1.54, 1.807) is 0 Å². The third-order valence-electron chi connectivity index (χ3n) is 3.05. The fourth-order valence-electron chi connectivity index (χ4n) is 2.11. The van der Waals surface area contributed by atoms with E-state index in [1.807, 2.05) is 54.0 Å². The Morgan fingerprint density at radius 1 is 1.30 bits per heavy atom. The molecular formula is C15H14ClN3O. The number of aryl methyl sites for hydroxylation is 1. The minimum Gasteiger partial charge on any atom is -0.485 e. The maximum atomic E-state index is 6.03. The highest BCUT2D eigenvalue weighted by molar-refractivity contribution is 6.30. The minimum absolute atomic E-state index is 0.368. The molecule has 5 heteroatoms. The molecular weight excluding hydrogens is 274 g/mol. The van der Waals surface area contributed by atoms with Gasteiger partial charge in [-0.25, -0.2) is 4.98 Å². The van der Waals surface area contributed by atoms with Crippen LogP contribution in [-0.4, -0.2) is 9.38 Å². The number of anilines is 1. The average Bonchev–Trinajstić information content (AvgIpc) is 2.81. The first-order chi connectivity index (χ1) is 9.63. The van der Waals surface area contributed by atoms with Crippen LogP contribution in [0.4, 0.5) is 5.69 Å². The number of halogens is 1. The molecule has 0 aliphatic rings. The number of hydrogen-bond donors (Lipinski definition) is 1. The molecule has 0 saturated carbocycles. The third-order valence-corrected chi connectivity index (χ3v) is 3.25. The molecule has 4 nitrogen and oxygen atoms in total. The van der Waals surface area contributed by atoms with Crippen molar-refractivity contribution in [3.63, 3.8) is 0 Å². The smallest absolute Gasteiger partial charge is 0.142 e. The molecule has 102 valence electrons. The largest absolute Gasteiger partial charge is 0.485 e. The lowest BCUT2D eigenvalue weighted by molar-refractivity contribution is 0.304. The zero-order valence-corrected chi connectivity index (χ0v) is 11.8. The molecule has 3 rings (SSSR count). The highest BCUT2D eigenvalue weighted by atomic mass is 35.5. The Morgan fingerprint density at radius 2 is 2.10 bits per heavy atom. The van der Waals surface area contributed by atoms with E-state index in [9.17, 15) is 0 Å². The number of imidazole rings is 1. The van der Waals surface area contributed by atoms with Crippen molar-refractivity contribution in [1.29, 1.82) is 0 Å². The summed E-state index contributed by atoms with van der Waals surface area (Å²) >= 11 is 6.03. The van der Waals surface area contributed by atoms with E-state index in [-0.39, 0.29) is 0 Å². The maximum absolute atomic E-state index is 6.03. The van der Waals surface area contributed by atoms with Crippen LogP contribution in [0.5, 0.6) is 5.75 Å². The molecule has 20 heavy (non-hydrogen) atoms. The van der Waals surface area contributed by atoms with Gasteiger partial charge in [-0.15, -0.1) is 0 Å². The van der Waals surface area contributed by atoms with Crippen LogP contribution in [0, 0.1) is 6.92 Å². The van der Waals surface area contributed by atoms with Crippen molar-refractivity contribution in [2.24, 2.45) is 0 Å². The SMILES string of the molecule is Cc1cc(Cl)cn2cc(COc3ccccc3N)nc12. The summed E-state index contributed by atoms with van der Waals surface area (Å²) in [6, 6.07) is 9.30. The van der Waals surface area contributed by atoms with Gasteiger partial charge in [-0.2, -0.15) is 0 Å². The zero-order valence-electron chi connectivity index (χ0n) is 11.0. The Hall–Kier alpha value is -2.20. The average molecular weight is 288 g/mol. The van der Waals surface area contributed by atoms with Crippen molar-refractivity contribution in [2.75, 3.05) is 5.73 Å². The van der Waals surface area contributed by atoms with Gasteiger partial charge in [0.25, 0.3) is 0 Å². The quantitative estimate of drug-likeness (QED) is 0.751. The molecule has 0 fully saturated rings. The second-order valence-electron chi connectivity index (χ2n) is 4.63. The van der Waals surface area contributed by atoms with E-state index < -0.39 is 0 Å². The van der Waals surface area contributed by atoms with Crippen LogP contribution in [0.2, 0.25) is 5.02 Å². The first kappa shape index (κ1) is 12.8. The van der Waals surface area contributed by atoms with E-state index in [1.165, 1.54) is 0 Å². The molecule has 0 aliphatic heterocycles. The van der Waals surface area contributed by atoms with Gasteiger partial charge in [0, 0.05) is 12.4 Å². The minimum atomic E-state index is 0.368. The normalized spacial score (nSPS) is 10.9. The highest BCUT2D eigenvalue weighted by Gasteiger charge is 2.07. The van der Waals surface area contributed by atoms with Gasteiger partial charge in [0.05, 0.1) is 16.4 Å². The highest BCUT2D eigenvalue weighted by Crippen LogP contribution is 2.22. The molecule has 0 aliphatic carbocycles. The number of para-hydroxylation sites is 2. The van der Waals surface area contributed by atoms with Gasteiger partial charge in [-0.1, -0.05) is 23.7 Å². The second-order valence-corrected chi connectivity index (χ2v) is 5.07. The second kappa shape index (κ2) is 5.06. The first-order valence-electron chi connectivity index (χ1n) is 6.24. The van der Waals surface area contributed by atoms with Gasteiger partial charge < -0.3 is 14.9 Å².